The molecule has 0 radical (unpaired) electrons. The Labute approximate surface area is 343 Å². The Hall–Kier alpha value is -7.30. The highest BCUT2D eigenvalue weighted by atomic mass is 16.3. The Balaban J connectivity index is 1.06. The fourth-order valence-electron chi connectivity index (χ4n) is 9.07. The molecular formula is C55H42N2O2. The summed E-state index contributed by atoms with van der Waals surface area (Å²) in [6.45, 7) is 8.79. The van der Waals surface area contributed by atoms with E-state index in [4.69, 9.17) is 8.83 Å². The predicted octanol–water partition coefficient (Wildman–Crippen LogP) is 16.5. The summed E-state index contributed by atoms with van der Waals surface area (Å²) >= 11 is 0. The van der Waals surface area contributed by atoms with E-state index in [0.29, 0.717) is 0 Å². The molecule has 2 aromatic heterocycles. The van der Waals surface area contributed by atoms with Crippen LogP contribution in [0.2, 0.25) is 0 Å². The largest absolute Gasteiger partial charge is 0.456 e. The number of furan rings is 2. The van der Waals surface area contributed by atoms with E-state index in [1.165, 1.54) is 16.7 Å². The van der Waals surface area contributed by atoms with E-state index in [9.17, 15) is 0 Å². The van der Waals surface area contributed by atoms with Gasteiger partial charge in [-0.15, -0.1) is 0 Å². The molecule has 0 atom stereocenters. The maximum atomic E-state index is 6.93. The van der Waals surface area contributed by atoms with Gasteiger partial charge in [0.15, 0.2) is 0 Å². The highest BCUT2D eigenvalue weighted by Gasteiger charge is 2.23. The Morgan fingerprint density at radius 1 is 0.373 bits per heavy atom. The summed E-state index contributed by atoms with van der Waals surface area (Å²) in [7, 11) is 0. The number of para-hydroxylation sites is 2. The average Bonchev–Trinajstić information content (AvgIpc) is 3.78. The van der Waals surface area contributed by atoms with Crippen molar-refractivity contribution in [3.05, 3.63) is 193 Å². The molecule has 4 heteroatoms. The first kappa shape index (κ1) is 34.9. The molecule has 284 valence electrons. The lowest BCUT2D eigenvalue weighted by Gasteiger charge is -2.26. The van der Waals surface area contributed by atoms with Crippen molar-refractivity contribution in [2.45, 2.75) is 33.6 Å². The number of aryl methyl sites for hydroxylation is 2. The summed E-state index contributed by atoms with van der Waals surface area (Å²) in [6, 6.07) is 63.1. The smallest absolute Gasteiger partial charge is 0.139 e. The molecule has 0 spiro atoms. The van der Waals surface area contributed by atoms with E-state index >= 15 is 0 Å². The van der Waals surface area contributed by atoms with Crippen molar-refractivity contribution < 1.29 is 8.83 Å². The number of hydrogen-bond donors (Lipinski definition) is 0. The van der Waals surface area contributed by atoms with Gasteiger partial charge in [-0.25, -0.2) is 0 Å². The van der Waals surface area contributed by atoms with E-state index in [0.717, 1.165) is 99.5 Å². The lowest BCUT2D eigenvalue weighted by Crippen LogP contribution is -2.09. The standard InChI is InChI=1S/C55H42N2O2/c1-34(2)53-54-49-30-38-22-24-46(57(42-17-9-6-10-18-42)44-20-12-14-36(4)26-44)28-40(38)32-51(49)58-52(54)33-48-47-29-37-21-23-45(27-39(37)31-50(47)59-55(48)53)56(41-15-7-5-8-16-41)43-19-11-13-35(3)25-43/h5-34H,1-4H3. The molecule has 0 N–H and O–H groups in total. The first-order chi connectivity index (χ1) is 28.9. The molecular weight excluding hydrogens is 721 g/mol. The summed E-state index contributed by atoms with van der Waals surface area (Å²) in [5, 5.41) is 8.99. The van der Waals surface area contributed by atoms with Gasteiger partial charge in [0.2, 0.25) is 0 Å². The Bertz CT molecular complexity index is 3290. The lowest BCUT2D eigenvalue weighted by molar-refractivity contribution is 0.655. The quantitative estimate of drug-likeness (QED) is 0.162. The molecule has 0 fully saturated rings. The van der Waals surface area contributed by atoms with Gasteiger partial charge < -0.3 is 18.6 Å². The van der Waals surface area contributed by atoms with Crippen LogP contribution in [0.25, 0.3) is 65.4 Å². The monoisotopic (exact) mass is 762 g/mol. The van der Waals surface area contributed by atoms with Crippen LogP contribution in [0.3, 0.4) is 0 Å². The zero-order chi connectivity index (χ0) is 39.8. The van der Waals surface area contributed by atoms with Crippen molar-refractivity contribution in [1.29, 1.82) is 0 Å². The first-order valence-electron chi connectivity index (χ1n) is 20.4. The zero-order valence-electron chi connectivity index (χ0n) is 33.5. The summed E-state index contributed by atoms with van der Waals surface area (Å²) in [4.78, 5) is 4.64. The highest BCUT2D eigenvalue weighted by Crippen LogP contribution is 2.46. The van der Waals surface area contributed by atoms with E-state index in [1.54, 1.807) is 0 Å². The number of fused-ring (bicyclic) bond motifs is 8. The van der Waals surface area contributed by atoms with Crippen molar-refractivity contribution in [1.82, 2.24) is 0 Å². The molecule has 11 rings (SSSR count). The number of anilines is 6. The van der Waals surface area contributed by atoms with Crippen molar-refractivity contribution in [2.24, 2.45) is 0 Å². The SMILES string of the molecule is Cc1cccc(N(c2ccccc2)c2ccc3cc4c(cc3c2)oc2c(C(C)C)c3c(cc24)oc2cc4cc(N(c5ccccc5)c5cccc(C)c5)ccc4cc23)c1. The zero-order valence-corrected chi connectivity index (χ0v) is 33.5. The van der Waals surface area contributed by atoms with Crippen LogP contribution in [0.1, 0.15) is 36.5 Å². The molecule has 0 bridgehead atoms. The second kappa shape index (κ2) is 13.7. The van der Waals surface area contributed by atoms with E-state index in [2.05, 4.69) is 213 Å². The highest BCUT2D eigenvalue weighted by molar-refractivity contribution is 6.20. The summed E-state index contributed by atoms with van der Waals surface area (Å²) < 4.78 is 13.8. The molecule has 2 heterocycles. The van der Waals surface area contributed by atoms with Gasteiger partial charge in [-0.3, -0.25) is 0 Å². The van der Waals surface area contributed by atoms with Crippen LogP contribution in [0.4, 0.5) is 34.1 Å². The van der Waals surface area contributed by atoms with Gasteiger partial charge in [0.1, 0.15) is 22.3 Å². The molecule has 11 aromatic rings. The maximum Gasteiger partial charge on any atom is 0.139 e. The number of benzene rings is 9. The molecule has 0 aliphatic carbocycles. The van der Waals surface area contributed by atoms with Crippen LogP contribution < -0.4 is 9.80 Å². The van der Waals surface area contributed by atoms with Gasteiger partial charge in [-0.2, -0.15) is 0 Å². The molecule has 0 unspecified atom stereocenters. The maximum absolute atomic E-state index is 6.93. The van der Waals surface area contributed by atoms with E-state index < -0.39 is 0 Å². The van der Waals surface area contributed by atoms with Crippen LogP contribution in [0.5, 0.6) is 0 Å². The Kier molecular flexibility index (Phi) is 8.09. The Morgan fingerprint density at radius 3 is 1.39 bits per heavy atom. The molecule has 4 nitrogen and oxygen atoms in total. The molecule has 0 aliphatic heterocycles. The topological polar surface area (TPSA) is 32.8 Å². The minimum atomic E-state index is 0.198. The molecule has 0 saturated heterocycles. The van der Waals surface area contributed by atoms with Crippen molar-refractivity contribution in [3.8, 4) is 0 Å². The van der Waals surface area contributed by atoms with Crippen LogP contribution in [0.15, 0.2) is 185 Å². The van der Waals surface area contributed by atoms with E-state index in [1.807, 2.05) is 0 Å². The number of hydrogen-bond acceptors (Lipinski definition) is 4. The first-order valence-corrected chi connectivity index (χ1v) is 20.4. The molecule has 0 amide bonds. The van der Waals surface area contributed by atoms with Crippen molar-refractivity contribution >= 4 is 99.5 Å². The summed E-state index contributed by atoms with van der Waals surface area (Å²) in [5.41, 5.74) is 13.9. The Morgan fingerprint density at radius 2 is 0.864 bits per heavy atom. The van der Waals surface area contributed by atoms with Crippen LogP contribution in [-0.2, 0) is 0 Å². The van der Waals surface area contributed by atoms with Gasteiger partial charge in [-0.1, -0.05) is 86.6 Å². The van der Waals surface area contributed by atoms with Gasteiger partial charge >= 0.3 is 0 Å². The molecule has 0 aliphatic rings. The van der Waals surface area contributed by atoms with Crippen LogP contribution >= 0.6 is 0 Å². The third-order valence-corrected chi connectivity index (χ3v) is 11.8. The normalized spacial score (nSPS) is 11.9. The van der Waals surface area contributed by atoms with Crippen LogP contribution in [-0.4, -0.2) is 0 Å². The lowest BCUT2D eigenvalue weighted by atomic mass is 9.93. The predicted molar refractivity (Wildman–Crippen MR) is 249 cm³/mol. The fourth-order valence-corrected chi connectivity index (χ4v) is 9.07. The number of rotatable bonds is 7. The van der Waals surface area contributed by atoms with Gasteiger partial charge in [0, 0.05) is 61.2 Å². The summed E-state index contributed by atoms with van der Waals surface area (Å²) in [6.07, 6.45) is 0. The summed E-state index contributed by atoms with van der Waals surface area (Å²) in [5.74, 6) is 0.198. The van der Waals surface area contributed by atoms with Crippen molar-refractivity contribution in [2.75, 3.05) is 9.80 Å². The van der Waals surface area contributed by atoms with Gasteiger partial charge in [0.25, 0.3) is 0 Å². The fraction of sp³-hybridized carbons (Fsp3) is 0.0909. The van der Waals surface area contributed by atoms with Gasteiger partial charge in [0.05, 0.1) is 0 Å². The third kappa shape index (κ3) is 5.90. The second-order valence-electron chi connectivity index (χ2n) is 16.2. The average molecular weight is 763 g/mol. The van der Waals surface area contributed by atoms with Crippen molar-refractivity contribution in [3.63, 3.8) is 0 Å². The third-order valence-electron chi connectivity index (χ3n) is 11.8. The minimum absolute atomic E-state index is 0.198. The molecule has 59 heavy (non-hydrogen) atoms. The van der Waals surface area contributed by atoms with E-state index in [-0.39, 0.29) is 5.92 Å². The minimum Gasteiger partial charge on any atom is -0.456 e. The number of nitrogens with zero attached hydrogens (tertiary/aromatic N) is 2. The molecule has 9 aromatic carbocycles. The second-order valence-corrected chi connectivity index (χ2v) is 16.2. The van der Waals surface area contributed by atoms with Crippen LogP contribution in [0, 0.1) is 13.8 Å². The molecule has 0 saturated carbocycles. The van der Waals surface area contributed by atoms with Gasteiger partial charge in [-0.05, 0) is 156 Å².